The molecule has 216 valence electrons. The van der Waals surface area contributed by atoms with Crippen LogP contribution in [0.2, 0.25) is 0 Å². The van der Waals surface area contributed by atoms with Gasteiger partial charge in [-0.05, 0) is 0 Å². The lowest BCUT2D eigenvalue weighted by Gasteiger charge is -2.47. The maximum absolute atomic E-state index is 12.1. The normalized spacial score (nSPS) is 35.0. The summed E-state index contributed by atoms with van der Waals surface area (Å²) in [5, 5.41) is 30.4. The number of hydrogen-bond acceptors (Lipinski definition) is 15. The fourth-order valence-electron chi connectivity index (χ4n) is 3.95. The van der Waals surface area contributed by atoms with Crippen LogP contribution in [0, 0.1) is 0 Å². The molecule has 0 aromatic rings. The quantitative estimate of drug-likeness (QED) is 0.146. The van der Waals surface area contributed by atoms with Gasteiger partial charge in [-0.1, -0.05) is 6.08 Å². The summed E-state index contributed by atoms with van der Waals surface area (Å²) in [6.45, 7) is 6.63. The number of ether oxygens (including phenoxy) is 8. The van der Waals surface area contributed by atoms with E-state index in [9.17, 15) is 34.5 Å². The van der Waals surface area contributed by atoms with Crippen LogP contribution >= 0.6 is 0 Å². The van der Waals surface area contributed by atoms with Crippen molar-refractivity contribution in [1.29, 1.82) is 0 Å². The zero-order valence-electron chi connectivity index (χ0n) is 21.4. The summed E-state index contributed by atoms with van der Waals surface area (Å²) >= 11 is 0. The number of carbonyl (C=O) groups excluding carboxylic acids is 4. The molecule has 2 fully saturated rings. The number of aliphatic hydroxyl groups is 3. The second-order valence-electron chi connectivity index (χ2n) is 8.50. The van der Waals surface area contributed by atoms with E-state index < -0.39 is 98.5 Å². The van der Waals surface area contributed by atoms with E-state index >= 15 is 0 Å². The van der Waals surface area contributed by atoms with Crippen LogP contribution in [-0.4, -0.2) is 120 Å². The van der Waals surface area contributed by atoms with E-state index in [2.05, 4.69) is 6.58 Å². The highest BCUT2D eigenvalue weighted by atomic mass is 16.8. The van der Waals surface area contributed by atoms with E-state index in [-0.39, 0.29) is 6.61 Å². The number of aliphatic hydroxyl groups excluding tert-OH is 3. The molecule has 0 spiro atoms. The Hall–Kier alpha value is -2.66. The average molecular weight is 551 g/mol. The molecule has 0 aliphatic carbocycles. The third-order valence-corrected chi connectivity index (χ3v) is 5.44. The first-order valence-corrected chi connectivity index (χ1v) is 11.7. The number of carbonyl (C=O) groups is 4. The third-order valence-electron chi connectivity index (χ3n) is 5.44. The smallest absolute Gasteiger partial charge is 0.303 e. The molecule has 15 heteroatoms. The second kappa shape index (κ2) is 14.5. The van der Waals surface area contributed by atoms with Gasteiger partial charge < -0.3 is 53.2 Å². The van der Waals surface area contributed by atoms with E-state index in [0.29, 0.717) is 0 Å². The predicted octanol–water partition coefficient (Wildman–Crippen LogP) is -1.90. The average Bonchev–Trinajstić information content (AvgIpc) is 2.83. The largest absolute Gasteiger partial charge is 0.463 e. The van der Waals surface area contributed by atoms with E-state index in [4.69, 9.17) is 37.9 Å². The zero-order valence-corrected chi connectivity index (χ0v) is 21.4. The molecular formula is C23H34O15. The summed E-state index contributed by atoms with van der Waals surface area (Å²) < 4.78 is 43.9. The van der Waals surface area contributed by atoms with Gasteiger partial charge in [0.15, 0.2) is 30.9 Å². The number of esters is 4. The Labute approximate surface area is 218 Å². The lowest BCUT2D eigenvalue weighted by Crippen LogP contribution is -2.66. The van der Waals surface area contributed by atoms with E-state index in [1.165, 1.54) is 6.08 Å². The van der Waals surface area contributed by atoms with Gasteiger partial charge in [-0.15, -0.1) is 6.58 Å². The fraction of sp³-hybridized carbons (Fsp3) is 0.739. The van der Waals surface area contributed by atoms with Gasteiger partial charge >= 0.3 is 23.9 Å². The number of rotatable bonds is 11. The highest BCUT2D eigenvalue weighted by Gasteiger charge is 2.55. The van der Waals surface area contributed by atoms with Crippen molar-refractivity contribution >= 4 is 23.9 Å². The number of hydrogen-bond donors (Lipinski definition) is 3. The van der Waals surface area contributed by atoms with Gasteiger partial charge in [0.25, 0.3) is 0 Å². The highest BCUT2D eigenvalue weighted by Crippen LogP contribution is 2.33. The zero-order chi connectivity index (χ0) is 28.6. The Morgan fingerprint density at radius 3 is 1.84 bits per heavy atom. The summed E-state index contributed by atoms with van der Waals surface area (Å²) in [6.07, 6.45) is -13.6. The molecule has 38 heavy (non-hydrogen) atoms. The Morgan fingerprint density at radius 1 is 0.763 bits per heavy atom. The summed E-state index contributed by atoms with van der Waals surface area (Å²) in [5.74, 6) is -3.15. The van der Waals surface area contributed by atoms with Crippen LogP contribution in [0.5, 0.6) is 0 Å². The molecule has 0 unspecified atom stereocenters. The van der Waals surface area contributed by atoms with Crippen LogP contribution in [0.4, 0.5) is 0 Å². The first-order chi connectivity index (χ1) is 17.9. The molecule has 15 nitrogen and oxygen atoms in total. The van der Waals surface area contributed by atoms with Crippen molar-refractivity contribution in [2.24, 2.45) is 0 Å². The monoisotopic (exact) mass is 550 g/mol. The van der Waals surface area contributed by atoms with Gasteiger partial charge in [0.2, 0.25) is 0 Å². The van der Waals surface area contributed by atoms with Crippen LogP contribution in [0.25, 0.3) is 0 Å². The molecule has 0 bridgehead atoms. The first-order valence-electron chi connectivity index (χ1n) is 11.7. The minimum absolute atomic E-state index is 0.0659. The highest BCUT2D eigenvalue weighted by molar-refractivity contribution is 5.68. The summed E-state index contributed by atoms with van der Waals surface area (Å²) in [4.78, 5) is 47.2. The Bertz CT molecular complexity index is 847. The van der Waals surface area contributed by atoms with Crippen molar-refractivity contribution in [2.45, 2.75) is 89.1 Å². The van der Waals surface area contributed by atoms with Gasteiger partial charge in [-0.2, -0.15) is 0 Å². The van der Waals surface area contributed by atoms with Gasteiger partial charge in [-0.3, -0.25) is 19.2 Å². The predicted molar refractivity (Wildman–Crippen MR) is 121 cm³/mol. The minimum atomic E-state index is -1.76. The molecule has 0 aromatic carbocycles. The first kappa shape index (κ1) is 31.6. The van der Waals surface area contributed by atoms with Crippen molar-refractivity contribution in [2.75, 3.05) is 19.8 Å². The van der Waals surface area contributed by atoms with Crippen LogP contribution in [0.1, 0.15) is 27.7 Å². The van der Waals surface area contributed by atoms with Crippen LogP contribution < -0.4 is 0 Å². The lowest BCUT2D eigenvalue weighted by atomic mass is 9.96. The van der Waals surface area contributed by atoms with E-state index in [0.717, 1.165) is 27.7 Å². The molecule has 2 aliphatic rings. The Morgan fingerprint density at radius 2 is 1.32 bits per heavy atom. The standard InChI is InChI=1S/C23H34O15/c1-6-7-31-22-21(35-13(5)28)20(34-12(4)27)18(15(37-22)9-32-10(2)25)38-23-19(33-11(3)26)17(30)16(29)14(8-24)36-23/h6,14-24,29-30H,1,7-9H2,2-5H3/t14-,15-,16-,17+,18-,19-,20+,21-,22-,23-/m1/s1. The van der Waals surface area contributed by atoms with Crippen molar-refractivity contribution in [3.63, 3.8) is 0 Å². The Kier molecular flexibility index (Phi) is 12.0. The van der Waals surface area contributed by atoms with Crippen molar-refractivity contribution < 1.29 is 72.4 Å². The lowest BCUT2D eigenvalue weighted by molar-refractivity contribution is -0.359. The van der Waals surface area contributed by atoms with Gasteiger partial charge in [-0.25, -0.2) is 0 Å². The summed E-state index contributed by atoms with van der Waals surface area (Å²) in [7, 11) is 0. The minimum Gasteiger partial charge on any atom is -0.463 e. The molecule has 0 aromatic heterocycles. The summed E-state index contributed by atoms with van der Waals surface area (Å²) in [5.41, 5.74) is 0. The van der Waals surface area contributed by atoms with Gasteiger partial charge in [0.05, 0.1) is 13.2 Å². The molecule has 2 aliphatic heterocycles. The van der Waals surface area contributed by atoms with Crippen LogP contribution in [0.15, 0.2) is 12.7 Å². The maximum Gasteiger partial charge on any atom is 0.303 e. The fourth-order valence-corrected chi connectivity index (χ4v) is 3.95. The molecule has 0 amide bonds. The van der Waals surface area contributed by atoms with Crippen LogP contribution in [-0.2, 0) is 57.1 Å². The molecule has 0 radical (unpaired) electrons. The van der Waals surface area contributed by atoms with Gasteiger partial charge in [0, 0.05) is 27.7 Å². The molecule has 3 N–H and O–H groups in total. The summed E-state index contributed by atoms with van der Waals surface area (Å²) in [6, 6.07) is 0. The van der Waals surface area contributed by atoms with E-state index in [1.54, 1.807) is 0 Å². The Balaban J connectivity index is 2.53. The SMILES string of the molecule is C=CCO[C@@H]1O[C@H](COC(C)=O)[C@@H](O[C@H]2O[C@H](CO)[C@@H](O)[C@H](O)[C@H]2OC(C)=O)[C@H](OC(C)=O)[C@H]1OC(C)=O. The topological polar surface area (TPSA) is 203 Å². The van der Waals surface area contributed by atoms with Crippen molar-refractivity contribution in [3.05, 3.63) is 12.7 Å². The maximum atomic E-state index is 12.1. The van der Waals surface area contributed by atoms with Gasteiger partial charge in [0.1, 0.15) is 37.1 Å². The van der Waals surface area contributed by atoms with Crippen LogP contribution in [0.3, 0.4) is 0 Å². The molecule has 2 saturated heterocycles. The molecule has 2 heterocycles. The molecule has 10 atom stereocenters. The molecular weight excluding hydrogens is 516 g/mol. The molecule has 0 saturated carbocycles. The van der Waals surface area contributed by atoms with Crippen molar-refractivity contribution in [1.82, 2.24) is 0 Å². The second-order valence-corrected chi connectivity index (χ2v) is 8.50. The third kappa shape index (κ3) is 8.42. The van der Waals surface area contributed by atoms with Crippen molar-refractivity contribution in [3.8, 4) is 0 Å². The van der Waals surface area contributed by atoms with E-state index in [1.807, 2.05) is 0 Å². The molecule has 2 rings (SSSR count).